The van der Waals surface area contributed by atoms with Crippen LogP contribution in [-0.2, 0) is 0 Å². The van der Waals surface area contributed by atoms with E-state index in [2.05, 4.69) is 15.3 Å². The van der Waals surface area contributed by atoms with Gasteiger partial charge in [0.25, 0.3) is 5.91 Å². The van der Waals surface area contributed by atoms with E-state index in [0.717, 1.165) is 23.5 Å². The Labute approximate surface area is 174 Å². The number of nitrogens with two attached hydrogens (primary N) is 1. The van der Waals surface area contributed by atoms with E-state index in [-0.39, 0.29) is 35.3 Å². The number of hydrogen-bond acceptors (Lipinski definition) is 6. The maximum Gasteiger partial charge on any atom is 0.275 e. The molecule has 156 valence electrons. The van der Waals surface area contributed by atoms with Crippen LogP contribution in [0.4, 0.5) is 24.5 Å². The Bertz CT molecular complexity index is 1050. The fraction of sp³-hybridized carbons (Fsp3) is 0.250. The minimum atomic E-state index is -1.07. The maximum atomic E-state index is 14.0. The van der Waals surface area contributed by atoms with Crippen LogP contribution in [0.15, 0.2) is 42.0 Å². The van der Waals surface area contributed by atoms with Crippen LogP contribution in [-0.4, -0.2) is 41.2 Å². The van der Waals surface area contributed by atoms with E-state index in [1.807, 2.05) is 0 Å². The summed E-state index contributed by atoms with van der Waals surface area (Å²) in [6, 6.07) is 4.86. The lowest BCUT2D eigenvalue weighted by atomic mass is 10.0. The van der Waals surface area contributed by atoms with Crippen molar-refractivity contribution < 1.29 is 18.0 Å². The third-order valence-electron chi connectivity index (χ3n) is 4.73. The zero-order valence-corrected chi connectivity index (χ0v) is 16.5. The molecule has 4 rings (SSSR count). The lowest BCUT2D eigenvalue weighted by molar-refractivity contribution is 0.102. The van der Waals surface area contributed by atoms with Gasteiger partial charge in [0.2, 0.25) is 0 Å². The molecule has 1 amide bonds. The van der Waals surface area contributed by atoms with Gasteiger partial charge < -0.3 is 16.0 Å². The van der Waals surface area contributed by atoms with E-state index in [9.17, 15) is 18.0 Å². The predicted octanol–water partition coefficient (Wildman–Crippen LogP) is 3.61. The average molecular weight is 433 g/mol. The van der Waals surface area contributed by atoms with Crippen molar-refractivity contribution in [3.63, 3.8) is 0 Å². The highest BCUT2D eigenvalue weighted by Gasteiger charge is 2.27. The van der Waals surface area contributed by atoms with Crippen molar-refractivity contribution in [1.29, 1.82) is 0 Å². The Kier molecular flexibility index (Phi) is 5.69. The number of halogens is 3. The molecule has 1 aromatic carbocycles. The Morgan fingerprint density at radius 2 is 2.00 bits per heavy atom. The number of nitrogens with one attached hydrogen (secondary N) is 1. The number of amides is 1. The van der Waals surface area contributed by atoms with E-state index in [1.54, 1.807) is 17.2 Å². The summed E-state index contributed by atoms with van der Waals surface area (Å²) >= 11 is 0.959. The molecule has 0 spiro atoms. The van der Waals surface area contributed by atoms with Crippen LogP contribution in [0.2, 0.25) is 0 Å². The van der Waals surface area contributed by atoms with Gasteiger partial charge in [-0.15, -0.1) is 11.3 Å². The molecule has 0 radical (unpaired) electrons. The van der Waals surface area contributed by atoms with Gasteiger partial charge in [-0.2, -0.15) is 0 Å². The van der Waals surface area contributed by atoms with E-state index >= 15 is 0 Å². The minimum Gasteiger partial charge on any atom is -0.365 e. The summed E-state index contributed by atoms with van der Waals surface area (Å²) in [5.74, 6) is -2.08. The van der Waals surface area contributed by atoms with Gasteiger partial charge in [0.05, 0.1) is 23.1 Å². The first-order valence-electron chi connectivity index (χ1n) is 9.22. The summed E-state index contributed by atoms with van der Waals surface area (Å²) in [6.45, 7) is 0.606. The second-order valence-corrected chi connectivity index (χ2v) is 7.84. The van der Waals surface area contributed by atoms with Crippen LogP contribution >= 0.6 is 11.3 Å². The lowest BCUT2D eigenvalue weighted by Gasteiger charge is -2.35. The van der Waals surface area contributed by atoms with Crippen LogP contribution in [0.1, 0.15) is 16.9 Å². The molecule has 0 bridgehead atoms. The highest BCUT2D eigenvalue weighted by Crippen LogP contribution is 2.31. The van der Waals surface area contributed by atoms with Crippen molar-refractivity contribution in [1.82, 2.24) is 9.97 Å². The fourth-order valence-electron chi connectivity index (χ4n) is 3.41. The van der Waals surface area contributed by atoms with Crippen LogP contribution in [0, 0.1) is 11.6 Å². The number of nitrogens with zero attached hydrogens (tertiary/aromatic N) is 3. The third-order valence-corrected chi connectivity index (χ3v) is 5.59. The highest BCUT2D eigenvalue weighted by atomic mass is 32.1. The molecule has 3 N–H and O–H groups in total. The Morgan fingerprint density at radius 3 is 2.73 bits per heavy atom. The van der Waals surface area contributed by atoms with E-state index in [4.69, 9.17) is 5.73 Å². The number of alkyl halides is 1. The molecule has 3 heterocycles. The second-order valence-electron chi connectivity index (χ2n) is 6.98. The topological polar surface area (TPSA) is 84.1 Å². The summed E-state index contributed by atoms with van der Waals surface area (Å²) in [5, 5.41) is 4.18. The van der Waals surface area contributed by atoms with Crippen molar-refractivity contribution in [3.8, 4) is 10.6 Å². The van der Waals surface area contributed by atoms with Gasteiger partial charge in [-0.3, -0.25) is 9.78 Å². The van der Waals surface area contributed by atoms with Crippen LogP contribution in [0.3, 0.4) is 0 Å². The van der Waals surface area contributed by atoms with Gasteiger partial charge in [0.1, 0.15) is 28.5 Å². The molecule has 1 saturated heterocycles. The second kappa shape index (κ2) is 8.41. The molecule has 2 aromatic heterocycles. The minimum absolute atomic E-state index is 0.00571. The molecule has 30 heavy (non-hydrogen) atoms. The van der Waals surface area contributed by atoms with Crippen LogP contribution < -0.4 is 16.0 Å². The van der Waals surface area contributed by atoms with E-state index in [0.29, 0.717) is 17.9 Å². The molecule has 2 atom stereocenters. The van der Waals surface area contributed by atoms with Crippen molar-refractivity contribution in [2.45, 2.75) is 18.6 Å². The van der Waals surface area contributed by atoms with Gasteiger partial charge in [0, 0.05) is 30.7 Å². The van der Waals surface area contributed by atoms with E-state index in [1.165, 1.54) is 17.6 Å². The molecule has 1 aliphatic rings. The van der Waals surface area contributed by atoms with Crippen molar-refractivity contribution in [3.05, 3.63) is 59.4 Å². The average Bonchev–Trinajstić information content (AvgIpc) is 3.17. The number of aromatic nitrogens is 2. The molecular weight excluding hydrogens is 415 g/mol. The summed E-state index contributed by atoms with van der Waals surface area (Å²) in [5.41, 5.74) is 6.61. The molecule has 1 fully saturated rings. The normalized spacial score (nSPS) is 19.0. The van der Waals surface area contributed by atoms with Gasteiger partial charge in [-0.1, -0.05) is 6.07 Å². The zero-order valence-electron chi connectivity index (χ0n) is 15.7. The SMILES string of the molecule is N[C@H]1CC(F)CN(c2ccncc2NC(=O)c2csc(-c3c(F)cccc3F)n2)C1. The number of rotatable bonds is 4. The van der Waals surface area contributed by atoms with Gasteiger partial charge >= 0.3 is 0 Å². The number of carbonyl (C=O) groups is 1. The predicted molar refractivity (Wildman–Crippen MR) is 109 cm³/mol. The molecule has 1 unspecified atom stereocenters. The molecular formula is C20H18F3N5OS. The van der Waals surface area contributed by atoms with Crippen molar-refractivity contribution in [2.24, 2.45) is 5.73 Å². The Balaban J connectivity index is 1.57. The fourth-order valence-corrected chi connectivity index (χ4v) is 4.26. The molecule has 0 saturated carbocycles. The molecule has 1 aliphatic heterocycles. The number of anilines is 2. The number of pyridine rings is 1. The van der Waals surface area contributed by atoms with Crippen molar-refractivity contribution >= 4 is 28.6 Å². The van der Waals surface area contributed by atoms with Crippen LogP contribution in [0.25, 0.3) is 10.6 Å². The quantitative estimate of drug-likeness (QED) is 0.657. The van der Waals surface area contributed by atoms with Gasteiger partial charge in [0.15, 0.2) is 0 Å². The van der Waals surface area contributed by atoms with Gasteiger partial charge in [-0.05, 0) is 24.6 Å². The third kappa shape index (κ3) is 4.14. The molecule has 0 aliphatic carbocycles. The van der Waals surface area contributed by atoms with Gasteiger partial charge in [-0.25, -0.2) is 18.2 Å². The first kappa shape index (κ1) is 20.3. The number of thiazole rings is 1. The first-order valence-corrected chi connectivity index (χ1v) is 10.1. The summed E-state index contributed by atoms with van der Waals surface area (Å²) < 4.78 is 41.9. The standard InChI is InChI=1S/C20H18F3N5OS/c21-11-6-12(24)9-28(8-11)17-4-5-25-7-15(17)26-19(29)16-10-30-20(27-16)18-13(22)2-1-3-14(18)23/h1-5,7,10-12H,6,8-9,24H2,(H,26,29)/t11?,12-/m0/s1. The Morgan fingerprint density at radius 1 is 1.23 bits per heavy atom. The molecule has 10 heteroatoms. The summed E-state index contributed by atoms with van der Waals surface area (Å²) in [4.78, 5) is 22.5. The first-order chi connectivity index (χ1) is 14.4. The van der Waals surface area contributed by atoms with Crippen LogP contribution in [0.5, 0.6) is 0 Å². The number of piperidine rings is 1. The molecule has 3 aromatic rings. The summed E-state index contributed by atoms with van der Waals surface area (Å²) in [6.07, 6.45) is 2.21. The number of benzene rings is 1. The lowest BCUT2D eigenvalue weighted by Crippen LogP contribution is -2.48. The number of carbonyl (C=O) groups excluding carboxylic acids is 1. The van der Waals surface area contributed by atoms with Crippen molar-refractivity contribution in [2.75, 3.05) is 23.3 Å². The monoisotopic (exact) mass is 433 g/mol. The molecule has 6 nitrogen and oxygen atoms in total. The maximum absolute atomic E-state index is 14.0. The largest absolute Gasteiger partial charge is 0.365 e. The highest BCUT2D eigenvalue weighted by molar-refractivity contribution is 7.13. The number of hydrogen-bond donors (Lipinski definition) is 2. The Hall–Kier alpha value is -2.98. The zero-order chi connectivity index (χ0) is 21.3. The van der Waals surface area contributed by atoms with E-state index < -0.39 is 23.7 Å². The summed E-state index contributed by atoms with van der Waals surface area (Å²) in [7, 11) is 0. The smallest absolute Gasteiger partial charge is 0.275 e.